The third-order valence-corrected chi connectivity index (χ3v) is 9.94. The van der Waals surface area contributed by atoms with E-state index >= 15 is 0 Å². The molecule has 0 aliphatic heterocycles. The maximum atomic E-state index is 11.6. The summed E-state index contributed by atoms with van der Waals surface area (Å²) in [7, 11) is 0. The number of fused-ring (bicyclic) bond motifs is 5. The second kappa shape index (κ2) is 7.74. The molecule has 3 nitrogen and oxygen atoms in total. The SMILES string of the molecule is CC(C)CCC(O)[C@](C)(O)[C@H]1CC[C@H]2C3=CC=C4C[C@@H](O)CC[C@@]4(C)[C@@H]3CC[C@@]21C. The molecule has 4 rings (SSSR count). The molecular weight excluding hydrogens is 372 g/mol. The lowest BCUT2D eigenvalue weighted by atomic mass is 9.49. The number of hydrogen-bond acceptors (Lipinski definition) is 3. The summed E-state index contributed by atoms with van der Waals surface area (Å²) >= 11 is 0. The highest BCUT2D eigenvalue weighted by atomic mass is 16.3. The van der Waals surface area contributed by atoms with E-state index < -0.39 is 11.7 Å². The molecule has 0 heterocycles. The molecule has 8 atom stereocenters. The van der Waals surface area contributed by atoms with E-state index in [0.717, 1.165) is 51.4 Å². The first-order valence-corrected chi connectivity index (χ1v) is 12.5. The van der Waals surface area contributed by atoms with Gasteiger partial charge in [0.1, 0.15) is 0 Å². The van der Waals surface area contributed by atoms with Crippen molar-refractivity contribution in [3.05, 3.63) is 23.3 Å². The smallest absolute Gasteiger partial charge is 0.0910 e. The van der Waals surface area contributed by atoms with E-state index in [9.17, 15) is 15.3 Å². The summed E-state index contributed by atoms with van der Waals surface area (Å²) < 4.78 is 0. The van der Waals surface area contributed by atoms with Crippen LogP contribution in [-0.4, -0.2) is 33.1 Å². The second-order valence-electron chi connectivity index (χ2n) is 12.2. The van der Waals surface area contributed by atoms with E-state index in [-0.39, 0.29) is 22.9 Å². The molecule has 170 valence electrons. The van der Waals surface area contributed by atoms with Crippen molar-refractivity contribution in [2.45, 2.75) is 110 Å². The monoisotopic (exact) mass is 416 g/mol. The molecule has 30 heavy (non-hydrogen) atoms. The van der Waals surface area contributed by atoms with Gasteiger partial charge in [0.05, 0.1) is 17.8 Å². The average molecular weight is 417 g/mol. The highest BCUT2D eigenvalue weighted by Crippen LogP contribution is 2.66. The Morgan fingerprint density at radius 1 is 1.03 bits per heavy atom. The van der Waals surface area contributed by atoms with Crippen molar-refractivity contribution in [2.75, 3.05) is 0 Å². The van der Waals surface area contributed by atoms with Crippen molar-refractivity contribution in [2.24, 2.45) is 34.5 Å². The van der Waals surface area contributed by atoms with E-state index in [0.29, 0.717) is 24.2 Å². The van der Waals surface area contributed by atoms with Gasteiger partial charge in [-0.25, -0.2) is 0 Å². The lowest BCUT2D eigenvalue weighted by molar-refractivity contribution is -0.138. The molecule has 0 amide bonds. The zero-order valence-corrected chi connectivity index (χ0v) is 19.8. The summed E-state index contributed by atoms with van der Waals surface area (Å²) in [5.41, 5.74) is 2.27. The van der Waals surface area contributed by atoms with Gasteiger partial charge in [0.2, 0.25) is 0 Å². The van der Waals surface area contributed by atoms with E-state index in [2.05, 4.69) is 39.8 Å². The van der Waals surface area contributed by atoms with Crippen LogP contribution in [-0.2, 0) is 0 Å². The molecule has 3 heteroatoms. The Balaban J connectivity index is 1.59. The zero-order valence-electron chi connectivity index (χ0n) is 19.8. The van der Waals surface area contributed by atoms with Crippen molar-refractivity contribution in [3.63, 3.8) is 0 Å². The van der Waals surface area contributed by atoms with Gasteiger partial charge in [0.25, 0.3) is 0 Å². The molecule has 3 fully saturated rings. The van der Waals surface area contributed by atoms with E-state index in [1.807, 2.05) is 6.92 Å². The summed E-state index contributed by atoms with van der Waals surface area (Å²) in [5.74, 6) is 1.77. The van der Waals surface area contributed by atoms with E-state index in [1.165, 1.54) is 5.57 Å². The van der Waals surface area contributed by atoms with Crippen LogP contribution >= 0.6 is 0 Å². The largest absolute Gasteiger partial charge is 0.393 e. The van der Waals surface area contributed by atoms with Crippen LogP contribution in [0, 0.1) is 34.5 Å². The minimum atomic E-state index is -1.03. The van der Waals surface area contributed by atoms with Crippen LogP contribution in [0.2, 0.25) is 0 Å². The third-order valence-electron chi connectivity index (χ3n) is 9.94. The molecule has 0 spiro atoms. The molecule has 0 saturated heterocycles. The summed E-state index contributed by atoms with van der Waals surface area (Å²) in [6.45, 7) is 11.1. The Labute approximate surface area is 183 Å². The molecule has 0 aromatic carbocycles. The van der Waals surface area contributed by atoms with Gasteiger partial charge >= 0.3 is 0 Å². The summed E-state index contributed by atoms with van der Waals surface area (Å²) in [4.78, 5) is 0. The van der Waals surface area contributed by atoms with Crippen LogP contribution in [0.5, 0.6) is 0 Å². The first kappa shape index (κ1) is 22.6. The standard InChI is InChI=1S/C27H44O3/c1-17(2)6-11-24(29)27(5,30)23-10-9-21-20-8-7-18-16-19(28)12-14-25(18,3)22(20)13-15-26(21,23)4/h7-8,17,19,21-24,28-30H,6,9-16H2,1-5H3/t19-,21-,22+,23-,24?,25+,26-,27+/m0/s1. The fourth-order valence-electron chi connectivity index (χ4n) is 7.96. The van der Waals surface area contributed by atoms with Gasteiger partial charge in [0, 0.05) is 0 Å². The highest BCUT2D eigenvalue weighted by Gasteiger charge is 2.60. The van der Waals surface area contributed by atoms with Gasteiger partial charge in [-0.15, -0.1) is 0 Å². The van der Waals surface area contributed by atoms with Crippen LogP contribution in [0.15, 0.2) is 23.3 Å². The lowest BCUT2D eigenvalue weighted by Crippen LogP contribution is -2.54. The molecule has 4 aliphatic rings. The molecular formula is C27H44O3. The fourth-order valence-corrected chi connectivity index (χ4v) is 7.96. The van der Waals surface area contributed by atoms with Crippen LogP contribution in [0.3, 0.4) is 0 Å². The average Bonchev–Trinajstić information content (AvgIpc) is 3.04. The number of aliphatic hydroxyl groups is 3. The Morgan fingerprint density at radius 3 is 2.47 bits per heavy atom. The topological polar surface area (TPSA) is 60.7 Å². The van der Waals surface area contributed by atoms with Crippen molar-refractivity contribution in [1.29, 1.82) is 0 Å². The van der Waals surface area contributed by atoms with Crippen molar-refractivity contribution in [3.8, 4) is 0 Å². The van der Waals surface area contributed by atoms with Crippen molar-refractivity contribution in [1.82, 2.24) is 0 Å². The second-order valence-corrected chi connectivity index (χ2v) is 12.2. The molecule has 0 aromatic heterocycles. The van der Waals surface area contributed by atoms with Crippen LogP contribution < -0.4 is 0 Å². The normalized spacial score (nSPS) is 43.8. The predicted molar refractivity (Wildman–Crippen MR) is 122 cm³/mol. The maximum Gasteiger partial charge on any atom is 0.0910 e. The lowest BCUT2D eigenvalue weighted by Gasteiger charge is -2.56. The van der Waals surface area contributed by atoms with Crippen LogP contribution in [0.1, 0.15) is 92.4 Å². The Hall–Kier alpha value is -0.640. The zero-order chi connectivity index (χ0) is 21.9. The Kier molecular flexibility index (Phi) is 5.82. The predicted octanol–water partition coefficient (Wildman–Crippen LogP) is 5.39. The number of hydrogen-bond donors (Lipinski definition) is 3. The highest BCUT2D eigenvalue weighted by molar-refractivity contribution is 5.39. The number of rotatable bonds is 5. The first-order valence-electron chi connectivity index (χ1n) is 12.5. The molecule has 0 radical (unpaired) electrons. The quantitative estimate of drug-likeness (QED) is 0.563. The van der Waals surface area contributed by atoms with Crippen LogP contribution in [0.4, 0.5) is 0 Å². The maximum absolute atomic E-state index is 11.6. The molecule has 3 N–H and O–H groups in total. The summed E-state index contributed by atoms with van der Waals surface area (Å²) in [6.07, 6.45) is 12.8. The molecule has 0 bridgehead atoms. The first-order chi connectivity index (χ1) is 14.0. The van der Waals surface area contributed by atoms with Crippen LogP contribution in [0.25, 0.3) is 0 Å². The minimum Gasteiger partial charge on any atom is -0.393 e. The van der Waals surface area contributed by atoms with Gasteiger partial charge in [-0.1, -0.05) is 51.0 Å². The van der Waals surface area contributed by atoms with E-state index in [1.54, 1.807) is 5.57 Å². The van der Waals surface area contributed by atoms with Gasteiger partial charge in [0.15, 0.2) is 0 Å². The minimum absolute atomic E-state index is 0.0561. The summed E-state index contributed by atoms with van der Waals surface area (Å²) in [5, 5.41) is 32.7. The van der Waals surface area contributed by atoms with E-state index in [4.69, 9.17) is 0 Å². The molecule has 1 unspecified atom stereocenters. The van der Waals surface area contributed by atoms with Crippen molar-refractivity contribution >= 4 is 0 Å². The molecule has 0 aromatic rings. The molecule has 3 saturated carbocycles. The van der Waals surface area contributed by atoms with Gasteiger partial charge < -0.3 is 15.3 Å². The number of aliphatic hydroxyl groups excluding tert-OH is 2. The Bertz CT molecular complexity index is 720. The Morgan fingerprint density at radius 2 is 1.77 bits per heavy atom. The third kappa shape index (κ3) is 3.44. The van der Waals surface area contributed by atoms with Gasteiger partial charge in [-0.2, -0.15) is 0 Å². The number of allylic oxidation sites excluding steroid dienone is 3. The van der Waals surface area contributed by atoms with Gasteiger partial charge in [-0.3, -0.25) is 0 Å². The molecule has 4 aliphatic carbocycles. The van der Waals surface area contributed by atoms with Gasteiger partial charge in [-0.05, 0) is 99.2 Å². The van der Waals surface area contributed by atoms with Crippen molar-refractivity contribution < 1.29 is 15.3 Å². The summed E-state index contributed by atoms with van der Waals surface area (Å²) in [6, 6.07) is 0. The fraction of sp³-hybridized carbons (Fsp3) is 0.852.